The second kappa shape index (κ2) is 8.46. The van der Waals surface area contributed by atoms with E-state index in [4.69, 9.17) is 4.18 Å². The predicted molar refractivity (Wildman–Crippen MR) is 137 cm³/mol. The van der Waals surface area contributed by atoms with E-state index in [0.717, 1.165) is 50.0 Å². The second-order valence-corrected chi connectivity index (χ2v) is 15.1. The number of halogens is 3. The van der Waals surface area contributed by atoms with Crippen LogP contribution < -0.4 is 0 Å². The number of hydrogen-bond acceptors (Lipinski definition) is 3. The third-order valence-electron chi connectivity index (χ3n) is 12.2. The molecule has 7 heteroatoms. The summed E-state index contributed by atoms with van der Waals surface area (Å²) in [5.41, 5.74) is -2.77. The van der Waals surface area contributed by atoms with E-state index in [1.807, 2.05) is 6.92 Å². The van der Waals surface area contributed by atoms with Gasteiger partial charge in [0.25, 0.3) is 16.0 Å². The van der Waals surface area contributed by atoms with Gasteiger partial charge in [0.05, 0.1) is 4.90 Å². The SMILES string of the molecule is Cc1ccc(S(=O)(=O)OC23CCC(C45CCC(C6CCC(C)CC6)(CC4)CC5)(CC2)C(F)(F)C3F)cc1. The van der Waals surface area contributed by atoms with Gasteiger partial charge in [-0.15, -0.1) is 0 Å². The molecule has 0 saturated heterocycles. The summed E-state index contributed by atoms with van der Waals surface area (Å²) < 4.78 is 80.1. The minimum absolute atomic E-state index is 0.0300. The zero-order valence-electron chi connectivity index (χ0n) is 22.2. The standard InChI is InChI=1S/C30H41F3O3S/c1-21-3-7-23(8-4-21)26-11-14-27(15-12-26,16-13-26)29-19-17-28(18-20-29,25(31)30(29,32)33)36-37(34,35)24-9-5-22(2)6-10-24/h5-6,9-10,21,23,25H,3-4,7-8,11-20H2,1-2H3. The Balaban J connectivity index is 1.24. The van der Waals surface area contributed by atoms with Crippen LogP contribution in [0.4, 0.5) is 13.2 Å². The lowest BCUT2D eigenvalue weighted by Crippen LogP contribution is -2.73. The Hall–Kier alpha value is -1.08. The molecule has 0 N–H and O–H groups in total. The van der Waals surface area contributed by atoms with Gasteiger partial charge < -0.3 is 0 Å². The summed E-state index contributed by atoms with van der Waals surface area (Å²) in [4.78, 5) is -0.114. The molecule has 0 aliphatic heterocycles. The number of rotatable bonds is 5. The normalized spacial score (nSPS) is 45.2. The summed E-state index contributed by atoms with van der Waals surface area (Å²) in [7, 11) is -4.36. The van der Waals surface area contributed by atoms with Crippen LogP contribution in [0.15, 0.2) is 29.2 Å². The van der Waals surface area contributed by atoms with Crippen LogP contribution in [0, 0.1) is 35.0 Å². The largest absolute Gasteiger partial charge is 0.297 e. The molecule has 1 unspecified atom stereocenters. The van der Waals surface area contributed by atoms with Gasteiger partial charge in [0.2, 0.25) is 0 Å². The zero-order valence-corrected chi connectivity index (χ0v) is 23.0. The summed E-state index contributed by atoms with van der Waals surface area (Å²) in [6, 6.07) is 6.04. The van der Waals surface area contributed by atoms with Gasteiger partial charge in [0, 0.05) is 5.41 Å². The summed E-state index contributed by atoms with van der Waals surface area (Å²) in [5, 5.41) is 0. The Morgan fingerprint density at radius 3 is 1.89 bits per heavy atom. The predicted octanol–water partition coefficient (Wildman–Crippen LogP) is 8.15. The molecule has 7 saturated carbocycles. The van der Waals surface area contributed by atoms with Crippen molar-refractivity contribution in [3.63, 3.8) is 0 Å². The molecule has 7 aliphatic rings. The number of hydrogen-bond donors (Lipinski definition) is 0. The molecule has 0 spiro atoms. The number of fused-ring (bicyclic) bond motifs is 6. The molecule has 1 aromatic carbocycles. The topological polar surface area (TPSA) is 43.4 Å². The molecular formula is C30H41F3O3S. The monoisotopic (exact) mass is 538 g/mol. The van der Waals surface area contributed by atoms with Crippen molar-refractivity contribution in [2.45, 2.75) is 126 Å². The first-order valence-corrected chi connectivity index (χ1v) is 15.8. The van der Waals surface area contributed by atoms with E-state index in [1.54, 1.807) is 12.1 Å². The van der Waals surface area contributed by atoms with Crippen molar-refractivity contribution in [2.75, 3.05) is 0 Å². The summed E-state index contributed by atoms with van der Waals surface area (Å²) in [6.07, 6.45) is 8.04. The van der Waals surface area contributed by atoms with Crippen LogP contribution in [-0.2, 0) is 14.3 Å². The molecule has 3 nitrogen and oxygen atoms in total. The van der Waals surface area contributed by atoms with E-state index in [9.17, 15) is 8.42 Å². The maximum Gasteiger partial charge on any atom is 0.297 e. The van der Waals surface area contributed by atoms with E-state index in [2.05, 4.69) is 6.92 Å². The molecule has 0 radical (unpaired) electrons. The molecule has 4 bridgehead atoms. The molecule has 1 aromatic rings. The second-order valence-electron chi connectivity index (χ2n) is 13.6. The number of alkyl halides is 3. The number of benzene rings is 1. The van der Waals surface area contributed by atoms with Gasteiger partial charge in [-0.05, 0) is 119 Å². The molecule has 7 aliphatic carbocycles. The molecule has 206 valence electrons. The van der Waals surface area contributed by atoms with Crippen molar-refractivity contribution in [1.82, 2.24) is 0 Å². The van der Waals surface area contributed by atoms with Crippen molar-refractivity contribution in [3.05, 3.63) is 29.8 Å². The third kappa shape index (κ3) is 3.64. The highest BCUT2D eigenvalue weighted by molar-refractivity contribution is 7.86. The Kier molecular flexibility index (Phi) is 5.98. The van der Waals surface area contributed by atoms with Gasteiger partial charge in [0.15, 0.2) is 6.17 Å². The van der Waals surface area contributed by atoms with Crippen LogP contribution >= 0.6 is 0 Å². The van der Waals surface area contributed by atoms with Crippen molar-refractivity contribution in [1.29, 1.82) is 0 Å². The smallest absolute Gasteiger partial charge is 0.256 e. The van der Waals surface area contributed by atoms with Crippen molar-refractivity contribution < 1.29 is 25.8 Å². The minimum Gasteiger partial charge on any atom is -0.256 e. The van der Waals surface area contributed by atoms with E-state index < -0.39 is 38.6 Å². The van der Waals surface area contributed by atoms with Gasteiger partial charge in [0.1, 0.15) is 5.60 Å². The number of aryl methyl sites for hydroxylation is 1. The molecule has 7 fully saturated rings. The van der Waals surface area contributed by atoms with Gasteiger partial charge in [-0.3, -0.25) is 4.18 Å². The quantitative estimate of drug-likeness (QED) is 0.355. The molecule has 37 heavy (non-hydrogen) atoms. The molecule has 1 atom stereocenters. The van der Waals surface area contributed by atoms with E-state index in [-0.39, 0.29) is 30.6 Å². The van der Waals surface area contributed by atoms with Gasteiger partial charge in [-0.25, -0.2) is 13.2 Å². The zero-order chi connectivity index (χ0) is 26.3. The summed E-state index contributed by atoms with van der Waals surface area (Å²) >= 11 is 0. The lowest BCUT2D eigenvalue weighted by molar-refractivity contribution is -0.329. The fourth-order valence-corrected chi connectivity index (χ4v) is 10.9. The van der Waals surface area contributed by atoms with Gasteiger partial charge >= 0.3 is 0 Å². The minimum atomic E-state index is -4.36. The Bertz CT molecular complexity index is 1100. The fraction of sp³-hybridized carbons (Fsp3) is 0.800. The molecule has 0 aromatic heterocycles. The van der Waals surface area contributed by atoms with Crippen LogP contribution in [0.2, 0.25) is 0 Å². The highest BCUT2D eigenvalue weighted by Crippen LogP contribution is 2.76. The first-order chi connectivity index (χ1) is 17.4. The molecule has 0 amide bonds. The third-order valence-corrected chi connectivity index (χ3v) is 13.6. The van der Waals surface area contributed by atoms with Crippen LogP contribution in [0.3, 0.4) is 0 Å². The summed E-state index contributed by atoms with van der Waals surface area (Å²) in [5.74, 6) is -2.11. The van der Waals surface area contributed by atoms with Crippen LogP contribution in [0.5, 0.6) is 0 Å². The average molecular weight is 539 g/mol. The first-order valence-electron chi connectivity index (χ1n) is 14.4. The van der Waals surface area contributed by atoms with Crippen LogP contribution in [-0.4, -0.2) is 26.1 Å². The van der Waals surface area contributed by atoms with Crippen molar-refractivity contribution in [3.8, 4) is 0 Å². The molecular weight excluding hydrogens is 497 g/mol. The highest BCUT2D eigenvalue weighted by atomic mass is 32.2. The van der Waals surface area contributed by atoms with Gasteiger partial charge in [-0.1, -0.05) is 37.5 Å². The molecule has 0 heterocycles. The highest BCUT2D eigenvalue weighted by Gasteiger charge is 2.79. The maximum absolute atomic E-state index is 16.3. The van der Waals surface area contributed by atoms with Crippen molar-refractivity contribution >= 4 is 10.1 Å². The van der Waals surface area contributed by atoms with E-state index >= 15 is 13.2 Å². The van der Waals surface area contributed by atoms with E-state index in [0.29, 0.717) is 11.3 Å². The van der Waals surface area contributed by atoms with Crippen LogP contribution in [0.25, 0.3) is 0 Å². The van der Waals surface area contributed by atoms with E-state index in [1.165, 1.54) is 37.8 Å². The lowest BCUT2D eigenvalue weighted by Gasteiger charge is -2.69. The Morgan fingerprint density at radius 1 is 0.811 bits per heavy atom. The van der Waals surface area contributed by atoms with Gasteiger partial charge in [-0.2, -0.15) is 8.42 Å². The van der Waals surface area contributed by atoms with Crippen molar-refractivity contribution in [2.24, 2.45) is 28.1 Å². The lowest BCUT2D eigenvalue weighted by atomic mass is 9.37. The fourth-order valence-electron chi connectivity index (χ4n) is 9.66. The Labute approximate surface area is 220 Å². The first kappa shape index (κ1) is 26.2. The van der Waals surface area contributed by atoms with Crippen LogP contribution in [0.1, 0.15) is 102 Å². The molecule has 8 rings (SSSR count). The Morgan fingerprint density at radius 2 is 1.35 bits per heavy atom. The maximum atomic E-state index is 16.3. The average Bonchev–Trinajstić information content (AvgIpc) is 2.89. The summed E-state index contributed by atoms with van der Waals surface area (Å²) in [6.45, 7) is 4.16.